The molecule has 0 aliphatic rings. The average molecular weight is 1440 g/mol. The van der Waals surface area contributed by atoms with Crippen molar-refractivity contribution in [2.24, 2.45) is 5.92 Å². The maximum atomic E-state index is 13.1. The number of aliphatic hydroxyl groups is 1. The molecule has 0 amide bonds. The summed E-state index contributed by atoms with van der Waals surface area (Å²) in [6.07, 6.45) is 62.4. The van der Waals surface area contributed by atoms with E-state index in [0.29, 0.717) is 25.7 Å². The van der Waals surface area contributed by atoms with E-state index < -0.39 is 97.5 Å². The Morgan fingerprint density at radius 1 is 0.276 bits per heavy atom. The highest BCUT2D eigenvalue weighted by molar-refractivity contribution is 7.47. The molecule has 0 fully saturated rings. The van der Waals surface area contributed by atoms with Crippen LogP contribution >= 0.6 is 15.6 Å². The van der Waals surface area contributed by atoms with E-state index >= 15 is 0 Å². The third-order valence-electron chi connectivity index (χ3n) is 18.5. The summed E-state index contributed by atoms with van der Waals surface area (Å²) in [5.74, 6) is -1.32. The third kappa shape index (κ3) is 72.4. The lowest BCUT2D eigenvalue weighted by Crippen LogP contribution is -2.30. The predicted molar refractivity (Wildman–Crippen MR) is 400 cm³/mol. The number of phosphoric ester groups is 2. The number of rotatable bonds is 79. The van der Waals surface area contributed by atoms with Gasteiger partial charge in [0.15, 0.2) is 12.2 Å². The van der Waals surface area contributed by atoms with E-state index in [1.165, 1.54) is 244 Å². The summed E-state index contributed by atoms with van der Waals surface area (Å²) in [6, 6.07) is 0. The molecule has 0 aliphatic heterocycles. The maximum absolute atomic E-state index is 13.1. The molecule has 0 radical (unpaired) electrons. The van der Waals surface area contributed by atoms with Crippen molar-refractivity contribution >= 4 is 39.5 Å². The van der Waals surface area contributed by atoms with Crippen molar-refractivity contribution in [1.82, 2.24) is 0 Å². The van der Waals surface area contributed by atoms with Gasteiger partial charge in [0, 0.05) is 25.7 Å². The van der Waals surface area contributed by atoms with Gasteiger partial charge in [-0.25, -0.2) is 9.13 Å². The van der Waals surface area contributed by atoms with Crippen LogP contribution in [0.25, 0.3) is 0 Å². The van der Waals surface area contributed by atoms with Crippen LogP contribution < -0.4 is 0 Å². The van der Waals surface area contributed by atoms with Gasteiger partial charge in [0.05, 0.1) is 26.4 Å². The summed E-state index contributed by atoms with van der Waals surface area (Å²) in [4.78, 5) is 72.9. The smallest absolute Gasteiger partial charge is 0.462 e. The number of aliphatic hydroxyl groups excluding tert-OH is 1. The van der Waals surface area contributed by atoms with Crippen molar-refractivity contribution < 1.29 is 80.2 Å². The van der Waals surface area contributed by atoms with E-state index in [1.54, 1.807) is 0 Å². The minimum absolute atomic E-state index is 0.108. The fraction of sp³-hybridized carbons (Fsp3) is 0.949. The number of carbonyl (C=O) groups is 4. The molecule has 0 saturated heterocycles. The molecule has 0 spiro atoms. The minimum Gasteiger partial charge on any atom is -0.462 e. The molecule has 0 aromatic rings. The highest BCUT2D eigenvalue weighted by Gasteiger charge is 2.30. The van der Waals surface area contributed by atoms with Crippen LogP contribution in [-0.4, -0.2) is 96.7 Å². The lowest BCUT2D eigenvalue weighted by atomic mass is 10.0. The molecular formula is C79H154O17P2. The first-order valence-corrected chi connectivity index (χ1v) is 44.1. The Hall–Kier alpha value is -1.94. The Labute approximate surface area is 600 Å². The quantitative estimate of drug-likeness (QED) is 0.0222. The summed E-state index contributed by atoms with van der Waals surface area (Å²) in [6.45, 7) is 7.33. The van der Waals surface area contributed by atoms with Gasteiger partial charge in [0.1, 0.15) is 19.3 Å². The number of hydrogen-bond donors (Lipinski definition) is 3. The Balaban J connectivity index is 5.22. The molecule has 98 heavy (non-hydrogen) atoms. The lowest BCUT2D eigenvalue weighted by molar-refractivity contribution is -0.161. The number of carbonyl (C=O) groups excluding carboxylic acids is 4. The first-order valence-electron chi connectivity index (χ1n) is 41.1. The van der Waals surface area contributed by atoms with Gasteiger partial charge in [0.2, 0.25) is 0 Å². The SMILES string of the molecule is CCCCCCCCCCCCCCCCCCCCCCC(=O)O[C@H](COC(=O)CCCCCCCCCCCCCCCC(C)C)COP(=O)(O)OC[C@@H](O)COP(=O)(O)OC[C@@H](COC(=O)CCCCCCCCCCCCC)OC(=O)CCCCCCCCCCCCC. The van der Waals surface area contributed by atoms with Crippen LogP contribution in [-0.2, 0) is 65.4 Å². The standard InChI is InChI=1S/C79H154O17P2/c1-6-9-12-15-18-21-24-25-26-27-28-29-30-31-34-40-45-50-55-60-65-79(84)96-75(69-90-77(82)63-58-53-48-43-39-35-32-33-38-41-46-51-56-61-72(4)5)71-94-98(87,88)92-67-73(80)66-91-97(85,86)93-70-74(95-78(83)64-59-54-49-44-37-23-20-17-14-11-8-3)68-89-76(81)62-57-52-47-42-36-22-19-16-13-10-7-2/h72-75,80H,6-71H2,1-5H3,(H,85,86)(H,87,88)/t73-,74+,75+/m0/s1. The fourth-order valence-electron chi connectivity index (χ4n) is 12.2. The highest BCUT2D eigenvalue weighted by Crippen LogP contribution is 2.45. The van der Waals surface area contributed by atoms with E-state index in [2.05, 4.69) is 34.6 Å². The molecule has 0 bridgehead atoms. The molecule has 0 rings (SSSR count). The number of unbranched alkanes of at least 4 members (excludes halogenated alkanes) is 51. The fourth-order valence-corrected chi connectivity index (χ4v) is 13.8. The Morgan fingerprint density at radius 2 is 0.469 bits per heavy atom. The first-order chi connectivity index (χ1) is 47.5. The van der Waals surface area contributed by atoms with Crippen LogP contribution in [0, 0.1) is 5.92 Å². The van der Waals surface area contributed by atoms with E-state index in [0.717, 1.165) is 95.8 Å². The molecule has 0 aromatic heterocycles. The Bertz CT molecular complexity index is 1870. The van der Waals surface area contributed by atoms with Gasteiger partial charge in [-0.15, -0.1) is 0 Å². The molecule has 0 aromatic carbocycles. The predicted octanol–water partition coefficient (Wildman–Crippen LogP) is 23.6. The molecule has 0 saturated carbocycles. The van der Waals surface area contributed by atoms with Gasteiger partial charge in [0.25, 0.3) is 0 Å². The average Bonchev–Trinajstić information content (AvgIpc) is 1.06. The summed E-state index contributed by atoms with van der Waals surface area (Å²) < 4.78 is 68.6. The van der Waals surface area contributed by atoms with Crippen LogP contribution in [0.15, 0.2) is 0 Å². The second kappa shape index (κ2) is 72.0. The van der Waals surface area contributed by atoms with Gasteiger partial charge in [-0.3, -0.25) is 37.3 Å². The Morgan fingerprint density at radius 3 is 0.694 bits per heavy atom. The Kier molecular flexibility index (Phi) is 70.6. The van der Waals surface area contributed by atoms with E-state index in [4.69, 9.17) is 37.0 Å². The summed E-state index contributed by atoms with van der Waals surface area (Å²) >= 11 is 0. The van der Waals surface area contributed by atoms with Gasteiger partial charge >= 0.3 is 39.5 Å². The lowest BCUT2D eigenvalue weighted by Gasteiger charge is -2.21. The zero-order valence-corrected chi connectivity index (χ0v) is 65.7. The van der Waals surface area contributed by atoms with Crippen molar-refractivity contribution in [3.8, 4) is 0 Å². The van der Waals surface area contributed by atoms with Crippen LogP contribution in [0.5, 0.6) is 0 Å². The molecule has 0 heterocycles. The van der Waals surface area contributed by atoms with E-state index in [9.17, 15) is 43.2 Å². The van der Waals surface area contributed by atoms with Crippen LogP contribution in [0.2, 0.25) is 0 Å². The minimum atomic E-state index is -4.96. The van der Waals surface area contributed by atoms with E-state index in [1.807, 2.05) is 0 Å². The van der Waals surface area contributed by atoms with Crippen molar-refractivity contribution in [2.75, 3.05) is 39.6 Å². The number of phosphoric acid groups is 2. The molecule has 19 heteroatoms. The van der Waals surface area contributed by atoms with Gasteiger partial charge < -0.3 is 33.8 Å². The zero-order chi connectivity index (χ0) is 71.9. The van der Waals surface area contributed by atoms with Crippen molar-refractivity contribution in [1.29, 1.82) is 0 Å². The zero-order valence-electron chi connectivity index (χ0n) is 63.9. The van der Waals surface area contributed by atoms with Crippen LogP contribution in [0.3, 0.4) is 0 Å². The number of hydrogen-bond acceptors (Lipinski definition) is 15. The van der Waals surface area contributed by atoms with Gasteiger partial charge in [-0.2, -0.15) is 0 Å². The maximum Gasteiger partial charge on any atom is 0.472 e. The third-order valence-corrected chi connectivity index (χ3v) is 20.4. The molecule has 582 valence electrons. The summed E-state index contributed by atoms with van der Waals surface area (Å²) in [5.41, 5.74) is 0. The van der Waals surface area contributed by atoms with Crippen LogP contribution in [0.4, 0.5) is 0 Å². The molecule has 2 unspecified atom stereocenters. The molecule has 5 atom stereocenters. The summed E-state index contributed by atoms with van der Waals surface area (Å²) in [5, 5.41) is 10.6. The highest BCUT2D eigenvalue weighted by atomic mass is 31.2. The molecular weight excluding hydrogens is 1280 g/mol. The summed E-state index contributed by atoms with van der Waals surface area (Å²) in [7, 11) is -9.91. The molecule has 0 aliphatic carbocycles. The largest absolute Gasteiger partial charge is 0.472 e. The van der Waals surface area contributed by atoms with Gasteiger partial charge in [-0.1, -0.05) is 369 Å². The van der Waals surface area contributed by atoms with Gasteiger partial charge in [-0.05, 0) is 31.6 Å². The normalized spacial score (nSPS) is 13.9. The second-order valence-corrected chi connectivity index (χ2v) is 31.8. The van der Waals surface area contributed by atoms with Crippen molar-refractivity contribution in [2.45, 2.75) is 438 Å². The second-order valence-electron chi connectivity index (χ2n) is 28.9. The molecule has 17 nitrogen and oxygen atoms in total. The van der Waals surface area contributed by atoms with Crippen LogP contribution in [0.1, 0.15) is 420 Å². The van der Waals surface area contributed by atoms with Crippen molar-refractivity contribution in [3.63, 3.8) is 0 Å². The number of esters is 4. The van der Waals surface area contributed by atoms with Crippen molar-refractivity contribution in [3.05, 3.63) is 0 Å². The monoisotopic (exact) mass is 1440 g/mol. The number of ether oxygens (including phenoxy) is 4. The van der Waals surface area contributed by atoms with E-state index in [-0.39, 0.29) is 25.7 Å². The first kappa shape index (κ1) is 96.1. The topological polar surface area (TPSA) is 237 Å². The molecule has 3 N–H and O–H groups in total.